The van der Waals surface area contributed by atoms with E-state index in [4.69, 9.17) is 0 Å². The van der Waals surface area contributed by atoms with Gasteiger partial charge in [0.05, 0.1) is 0 Å². The van der Waals surface area contributed by atoms with Crippen molar-refractivity contribution in [2.24, 2.45) is 0 Å². The normalized spacial score (nSPS) is 13.6. The Morgan fingerprint density at radius 3 is 2.71 bits per heavy atom. The molecule has 0 aliphatic carbocycles. The number of hydrogen-bond acceptors (Lipinski definition) is 3. The monoisotopic (exact) mass is 383 g/mol. The molecule has 150 valence electrons. The number of amides is 3. The third-order valence-corrected chi connectivity index (χ3v) is 5.09. The molecule has 7 nitrogen and oxygen atoms in total. The number of aryl methyl sites for hydroxylation is 3. The van der Waals surface area contributed by atoms with Gasteiger partial charge in [0.1, 0.15) is 5.82 Å². The molecule has 1 aromatic carbocycles. The first-order valence-electron chi connectivity index (χ1n) is 10.0. The highest BCUT2D eigenvalue weighted by Crippen LogP contribution is 2.19. The lowest BCUT2D eigenvalue weighted by atomic mass is 10.1. The zero-order chi connectivity index (χ0) is 19.9. The van der Waals surface area contributed by atoms with Crippen molar-refractivity contribution < 1.29 is 9.59 Å². The lowest BCUT2D eigenvalue weighted by Crippen LogP contribution is -2.30. The van der Waals surface area contributed by atoms with Crippen LogP contribution in [0.25, 0.3) is 0 Å². The number of hydrogen-bond donors (Lipinski definition) is 2. The van der Waals surface area contributed by atoms with Crippen LogP contribution >= 0.6 is 0 Å². The number of benzene rings is 1. The summed E-state index contributed by atoms with van der Waals surface area (Å²) in [4.78, 5) is 30.8. The first-order valence-corrected chi connectivity index (χ1v) is 10.0. The van der Waals surface area contributed by atoms with Crippen molar-refractivity contribution >= 4 is 17.6 Å². The number of aromatic nitrogens is 2. The van der Waals surface area contributed by atoms with Crippen LogP contribution in [0.15, 0.2) is 30.6 Å². The highest BCUT2D eigenvalue weighted by molar-refractivity contribution is 5.96. The minimum absolute atomic E-state index is 0.0718. The molecule has 2 N–H and O–H groups in total. The topological polar surface area (TPSA) is 79.3 Å². The van der Waals surface area contributed by atoms with Crippen LogP contribution in [0, 0.1) is 6.92 Å². The molecule has 3 rings (SSSR count). The van der Waals surface area contributed by atoms with Gasteiger partial charge in [-0.05, 0) is 49.9 Å². The zero-order valence-electron chi connectivity index (χ0n) is 16.7. The molecule has 1 aromatic heterocycles. The molecule has 0 atom stereocenters. The molecular weight excluding hydrogens is 354 g/mol. The van der Waals surface area contributed by atoms with Crippen LogP contribution in [-0.2, 0) is 13.0 Å². The second-order valence-electron chi connectivity index (χ2n) is 7.15. The van der Waals surface area contributed by atoms with Gasteiger partial charge in [0.2, 0.25) is 0 Å². The van der Waals surface area contributed by atoms with Gasteiger partial charge in [-0.25, -0.2) is 9.78 Å². The fraction of sp³-hybridized carbons (Fsp3) is 0.476. The number of imidazole rings is 1. The minimum atomic E-state index is -0.233. The van der Waals surface area contributed by atoms with E-state index < -0.39 is 0 Å². The first kappa shape index (κ1) is 19.9. The molecule has 1 saturated heterocycles. The fourth-order valence-corrected chi connectivity index (χ4v) is 3.52. The Labute approximate surface area is 166 Å². The molecule has 7 heteroatoms. The summed E-state index contributed by atoms with van der Waals surface area (Å²) in [6.07, 6.45) is 7.65. The summed E-state index contributed by atoms with van der Waals surface area (Å²) in [5, 5.41) is 5.75. The van der Waals surface area contributed by atoms with Crippen molar-refractivity contribution in [2.45, 2.75) is 46.1 Å². The van der Waals surface area contributed by atoms with Crippen LogP contribution in [0.2, 0.25) is 0 Å². The summed E-state index contributed by atoms with van der Waals surface area (Å²) >= 11 is 0. The van der Waals surface area contributed by atoms with E-state index >= 15 is 0 Å². The van der Waals surface area contributed by atoms with Gasteiger partial charge in [-0.15, -0.1) is 0 Å². The molecule has 0 unspecified atom stereocenters. The van der Waals surface area contributed by atoms with Gasteiger partial charge in [0.15, 0.2) is 0 Å². The molecular formula is C21H29N5O2. The standard InChI is InChI=1S/C21H29N5O2/c1-3-19-22-10-14-25(19)13-6-9-23-21(28)24-18-8-7-17(15-16(18)2)20(27)26-11-4-5-12-26/h7-8,10,14-15H,3-6,9,11-13H2,1-2H3,(H2,23,24,28). The van der Waals surface area contributed by atoms with Gasteiger partial charge in [-0.1, -0.05) is 6.92 Å². The summed E-state index contributed by atoms with van der Waals surface area (Å²) in [5.74, 6) is 1.13. The molecule has 0 spiro atoms. The second-order valence-corrected chi connectivity index (χ2v) is 7.15. The largest absolute Gasteiger partial charge is 0.339 e. The van der Waals surface area contributed by atoms with E-state index in [0.717, 1.165) is 62.4 Å². The van der Waals surface area contributed by atoms with Crippen LogP contribution in [-0.4, -0.2) is 46.0 Å². The smallest absolute Gasteiger partial charge is 0.319 e. The van der Waals surface area contributed by atoms with Crippen LogP contribution in [0.3, 0.4) is 0 Å². The molecule has 2 heterocycles. The van der Waals surface area contributed by atoms with E-state index in [2.05, 4.69) is 27.1 Å². The van der Waals surface area contributed by atoms with E-state index in [1.54, 1.807) is 18.3 Å². The zero-order valence-corrected chi connectivity index (χ0v) is 16.7. The van der Waals surface area contributed by atoms with Crippen molar-refractivity contribution in [3.05, 3.63) is 47.5 Å². The van der Waals surface area contributed by atoms with Crippen molar-refractivity contribution in [2.75, 3.05) is 25.0 Å². The molecule has 1 aliphatic heterocycles. The van der Waals surface area contributed by atoms with Crippen molar-refractivity contribution in [3.63, 3.8) is 0 Å². The average molecular weight is 383 g/mol. The lowest BCUT2D eigenvalue weighted by molar-refractivity contribution is 0.0792. The maximum atomic E-state index is 12.5. The Hall–Kier alpha value is -2.83. The maximum Gasteiger partial charge on any atom is 0.319 e. The van der Waals surface area contributed by atoms with Gasteiger partial charge >= 0.3 is 6.03 Å². The number of rotatable bonds is 7. The number of carbonyl (C=O) groups is 2. The van der Waals surface area contributed by atoms with Gasteiger partial charge in [-0.2, -0.15) is 0 Å². The SMILES string of the molecule is CCc1nccn1CCCNC(=O)Nc1ccc(C(=O)N2CCCC2)cc1C. The highest BCUT2D eigenvalue weighted by Gasteiger charge is 2.20. The Balaban J connectivity index is 1.46. The number of nitrogens with one attached hydrogen (secondary N) is 2. The molecule has 1 fully saturated rings. The van der Waals surface area contributed by atoms with Crippen LogP contribution in [0.1, 0.15) is 47.9 Å². The molecule has 3 amide bonds. The highest BCUT2D eigenvalue weighted by atomic mass is 16.2. The predicted octanol–water partition coefficient (Wildman–Crippen LogP) is 3.20. The Bertz CT molecular complexity index is 824. The summed E-state index contributed by atoms with van der Waals surface area (Å²) in [6.45, 7) is 7.06. The minimum Gasteiger partial charge on any atom is -0.339 e. The van der Waals surface area contributed by atoms with Crippen LogP contribution in [0.5, 0.6) is 0 Å². The summed E-state index contributed by atoms with van der Waals surface area (Å²) in [7, 11) is 0. The fourth-order valence-electron chi connectivity index (χ4n) is 3.52. The van der Waals surface area contributed by atoms with Crippen molar-refractivity contribution in [1.29, 1.82) is 0 Å². The summed E-state index contributed by atoms with van der Waals surface area (Å²) < 4.78 is 2.11. The molecule has 0 radical (unpaired) electrons. The van der Waals surface area contributed by atoms with E-state index in [0.29, 0.717) is 12.1 Å². The molecule has 1 aliphatic rings. The lowest BCUT2D eigenvalue weighted by Gasteiger charge is -2.16. The van der Waals surface area contributed by atoms with E-state index in [-0.39, 0.29) is 11.9 Å². The quantitative estimate of drug-likeness (QED) is 0.721. The number of likely N-dealkylation sites (tertiary alicyclic amines) is 1. The summed E-state index contributed by atoms with van der Waals surface area (Å²) in [5.41, 5.74) is 2.28. The summed E-state index contributed by atoms with van der Waals surface area (Å²) in [6, 6.07) is 5.20. The third-order valence-electron chi connectivity index (χ3n) is 5.09. The van der Waals surface area contributed by atoms with Gasteiger partial charge in [-0.3, -0.25) is 4.79 Å². The van der Waals surface area contributed by atoms with Crippen molar-refractivity contribution in [3.8, 4) is 0 Å². The Morgan fingerprint density at radius 2 is 2.00 bits per heavy atom. The number of urea groups is 1. The molecule has 0 saturated carbocycles. The Morgan fingerprint density at radius 1 is 1.21 bits per heavy atom. The molecule has 28 heavy (non-hydrogen) atoms. The molecule has 0 bridgehead atoms. The van der Waals surface area contributed by atoms with Crippen LogP contribution < -0.4 is 10.6 Å². The van der Waals surface area contributed by atoms with Gasteiger partial charge in [0, 0.05) is 56.2 Å². The maximum absolute atomic E-state index is 12.5. The third kappa shape index (κ3) is 4.91. The number of carbonyl (C=O) groups excluding carboxylic acids is 2. The van der Waals surface area contributed by atoms with Gasteiger partial charge < -0.3 is 20.1 Å². The van der Waals surface area contributed by atoms with Gasteiger partial charge in [0.25, 0.3) is 5.91 Å². The number of anilines is 1. The number of nitrogens with zero attached hydrogens (tertiary/aromatic N) is 3. The van der Waals surface area contributed by atoms with E-state index in [9.17, 15) is 9.59 Å². The first-order chi connectivity index (χ1) is 13.6. The Kier molecular flexibility index (Phi) is 6.68. The second kappa shape index (κ2) is 9.39. The molecule has 2 aromatic rings. The predicted molar refractivity (Wildman–Crippen MR) is 110 cm³/mol. The van der Waals surface area contributed by atoms with E-state index in [1.807, 2.05) is 24.1 Å². The van der Waals surface area contributed by atoms with E-state index in [1.165, 1.54) is 0 Å². The van der Waals surface area contributed by atoms with Crippen LogP contribution in [0.4, 0.5) is 10.5 Å². The van der Waals surface area contributed by atoms with Crippen molar-refractivity contribution in [1.82, 2.24) is 19.8 Å². The average Bonchev–Trinajstić information content (AvgIpc) is 3.38.